The lowest BCUT2D eigenvalue weighted by Crippen LogP contribution is -2.60. The van der Waals surface area contributed by atoms with E-state index in [2.05, 4.69) is 10.0 Å². The van der Waals surface area contributed by atoms with Gasteiger partial charge in [-0.1, -0.05) is 6.92 Å². The fourth-order valence-corrected chi connectivity index (χ4v) is 2.51. The molecule has 0 unspecified atom stereocenters. The molecular weight excluding hydrogens is 190 g/mol. The third-order valence-electron chi connectivity index (χ3n) is 2.18. The molecule has 1 rings (SSSR count). The Bertz CT molecular complexity index is 248. The Balaban J connectivity index is 2.66. The van der Waals surface area contributed by atoms with Gasteiger partial charge in [0, 0.05) is 26.7 Å². The van der Waals surface area contributed by atoms with Crippen LogP contribution in [0.25, 0.3) is 0 Å². The molecule has 78 valence electrons. The van der Waals surface area contributed by atoms with Gasteiger partial charge in [0.25, 0.3) is 10.2 Å². The normalized spacial score (nSPS) is 19.0. The lowest BCUT2D eigenvalue weighted by Gasteiger charge is -2.36. The van der Waals surface area contributed by atoms with Gasteiger partial charge >= 0.3 is 0 Å². The summed E-state index contributed by atoms with van der Waals surface area (Å²) < 4.78 is 26.9. The van der Waals surface area contributed by atoms with E-state index in [1.807, 2.05) is 6.92 Å². The van der Waals surface area contributed by atoms with Gasteiger partial charge in [0.05, 0.1) is 6.04 Å². The number of hydrogen-bond acceptors (Lipinski definition) is 3. The van der Waals surface area contributed by atoms with E-state index in [-0.39, 0.29) is 6.04 Å². The molecule has 0 radical (unpaired) electrons. The Labute approximate surface area is 79.7 Å². The zero-order valence-corrected chi connectivity index (χ0v) is 8.89. The minimum atomic E-state index is -3.24. The van der Waals surface area contributed by atoms with Crippen molar-refractivity contribution in [2.24, 2.45) is 0 Å². The highest BCUT2D eigenvalue weighted by Gasteiger charge is 2.31. The maximum atomic E-state index is 11.5. The predicted octanol–water partition coefficient (Wildman–Crippen LogP) is -0.866. The van der Waals surface area contributed by atoms with Gasteiger partial charge in [0.15, 0.2) is 0 Å². The minimum Gasteiger partial charge on any atom is -0.313 e. The van der Waals surface area contributed by atoms with Gasteiger partial charge in [-0.25, -0.2) is 4.72 Å². The highest BCUT2D eigenvalue weighted by Crippen LogP contribution is 2.09. The second-order valence-corrected chi connectivity index (χ2v) is 4.96. The van der Waals surface area contributed by atoms with Crippen molar-refractivity contribution in [3.05, 3.63) is 0 Å². The average Bonchev–Trinajstić information content (AvgIpc) is 2.00. The number of rotatable bonds is 5. The molecule has 0 atom stereocenters. The average molecular weight is 207 g/mol. The first kappa shape index (κ1) is 10.9. The third-order valence-corrected chi connectivity index (χ3v) is 3.79. The maximum absolute atomic E-state index is 11.5. The first-order chi connectivity index (χ1) is 6.11. The van der Waals surface area contributed by atoms with Crippen LogP contribution >= 0.6 is 0 Å². The molecule has 0 bridgehead atoms. The number of nitrogens with zero attached hydrogens (tertiary/aromatic N) is 1. The summed E-state index contributed by atoms with van der Waals surface area (Å²) in [5.74, 6) is 0. The Morgan fingerprint density at radius 3 is 2.46 bits per heavy atom. The monoisotopic (exact) mass is 207 g/mol. The Morgan fingerprint density at radius 1 is 1.54 bits per heavy atom. The van der Waals surface area contributed by atoms with E-state index in [0.29, 0.717) is 6.54 Å². The molecule has 2 N–H and O–H groups in total. The van der Waals surface area contributed by atoms with Crippen LogP contribution in [0.3, 0.4) is 0 Å². The fourth-order valence-electron chi connectivity index (χ4n) is 1.31. The van der Waals surface area contributed by atoms with E-state index >= 15 is 0 Å². The zero-order valence-electron chi connectivity index (χ0n) is 8.08. The zero-order chi connectivity index (χ0) is 9.90. The molecule has 1 aliphatic rings. The molecule has 0 aromatic heterocycles. The van der Waals surface area contributed by atoms with Crippen LogP contribution in [0.15, 0.2) is 0 Å². The van der Waals surface area contributed by atoms with Gasteiger partial charge in [0.2, 0.25) is 0 Å². The fraction of sp³-hybridized carbons (Fsp3) is 1.00. The summed E-state index contributed by atoms with van der Waals surface area (Å²) in [6, 6.07) is 0.136. The van der Waals surface area contributed by atoms with E-state index in [1.54, 1.807) is 0 Å². The van der Waals surface area contributed by atoms with Crippen LogP contribution in [-0.4, -0.2) is 45.4 Å². The van der Waals surface area contributed by atoms with Crippen LogP contribution in [0.5, 0.6) is 0 Å². The second kappa shape index (κ2) is 4.36. The van der Waals surface area contributed by atoms with Crippen molar-refractivity contribution >= 4 is 10.2 Å². The first-order valence-electron chi connectivity index (χ1n) is 4.53. The lowest BCUT2D eigenvalue weighted by molar-refractivity contribution is 0.240. The van der Waals surface area contributed by atoms with E-state index in [1.165, 1.54) is 11.4 Å². The molecule has 0 aromatic carbocycles. The van der Waals surface area contributed by atoms with Crippen LogP contribution in [-0.2, 0) is 10.2 Å². The van der Waals surface area contributed by atoms with E-state index in [4.69, 9.17) is 0 Å². The van der Waals surface area contributed by atoms with Crippen molar-refractivity contribution in [3.8, 4) is 0 Å². The minimum absolute atomic E-state index is 0.136. The summed E-state index contributed by atoms with van der Waals surface area (Å²) in [5, 5.41) is 3.06. The molecule has 0 aromatic rings. The summed E-state index contributed by atoms with van der Waals surface area (Å²) in [4.78, 5) is 0. The molecule has 1 fully saturated rings. The van der Waals surface area contributed by atoms with Crippen molar-refractivity contribution in [2.45, 2.75) is 19.4 Å². The highest BCUT2D eigenvalue weighted by atomic mass is 32.2. The largest absolute Gasteiger partial charge is 0.313 e. The van der Waals surface area contributed by atoms with Crippen LogP contribution in [0.2, 0.25) is 0 Å². The molecule has 5 nitrogen and oxygen atoms in total. The quantitative estimate of drug-likeness (QED) is 0.616. The van der Waals surface area contributed by atoms with Crippen molar-refractivity contribution in [1.82, 2.24) is 14.3 Å². The van der Waals surface area contributed by atoms with E-state index < -0.39 is 10.2 Å². The summed E-state index contributed by atoms with van der Waals surface area (Å²) >= 11 is 0. The van der Waals surface area contributed by atoms with Gasteiger partial charge < -0.3 is 5.32 Å². The summed E-state index contributed by atoms with van der Waals surface area (Å²) in [6.07, 6.45) is 0.845. The number of nitrogens with one attached hydrogen (secondary N) is 2. The molecule has 0 saturated carbocycles. The standard InChI is InChI=1S/C7H17N3O2S/c1-3-4-10(7-5-9-6-7)13(11,12)8-2/h7-9H,3-6H2,1-2H3. The second-order valence-electron chi connectivity index (χ2n) is 3.13. The van der Waals surface area contributed by atoms with E-state index in [0.717, 1.165) is 19.5 Å². The maximum Gasteiger partial charge on any atom is 0.279 e. The topological polar surface area (TPSA) is 61.4 Å². The van der Waals surface area contributed by atoms with Gasteiger partial charge in [-0.3, -0.25) is 0 Å². The Kier molecular flexibility index (Phi) is 3.66. The van der Waals surface area contributed by atoms with Crippen LogP contribution in [0.4, 0.5) is 0 Å². The van der Waals surface area contributed by atoms with Crippen LogP contribution in [0, 0.1) is 0 Å². The highest BCUT2D eigenvalue weighted by molar-refractivity contribution is 7.87. The number of hydrogen-bond donors (Lipinski definition) is 2. The van der Waals surface area contributed by atoms with Gasteiger partial charge in [-0.15, -0.1) is 0 Å². The van der Waals surface area contributed by atoms with Crippen molar-refractivity contribution < 1.29 is 8.42 Å². The lowest BCUT2D eigenvalue weighted by atomic mass is 10.2. The van der Waals surface area contributed by atoms with Crippen LogP contribution < -0.4 is 10.0 Å². The molecule has 6 heteroatoms. The molecular formula is C7H17N3O2S. The molecule has 1 aliphatic heterocycles. The smallest absolute Gasteiger partial charge is 0.279 e. The van der Waals surface area contributed by atoms with Crippen molar-refractivity contribution in [1.29, 1.82) is 0 Å². The third kappa shape index (κ3) is 2.40. The Morgan fingerprint density at radius 2 is 2.15 bits per heavy atom. The first-order valence-corrected chi connectivity index (χ1v) is 5.97. The van der Waals surface area contributed by atoms with Crippen molar-refractivity contribution in [2.75, 3.05) is 26.7 Å². The molecule has 0 amide bonds. The molecule has 13 heavy (non-hydrogen) atoms. The van der Waals surface area contributed by atoms with Gasteiger partial charge in [-0.2, -0.15) is 12.7 Å². The SMILES string of the molecule is CCCN(C1CNC1)S(=O)(=O)NC. The molecule has 0 spiro atoms. The molecule has 1 heterocycles. The summed E-state index contributed by atoms with van der Waals surface area (Å²) in [6.45, 7) is 4.10. The van der Waals surface area contributed by atoms with Gasteiger partial charge in [0.1, 0.15) is 0 Å². The van der Waals surface area contributed by atoms with Crippen LogP contribution in [0.1, 0.15) is 13.3 Å². The molecule has 0 aliphatic carbocycles. The summed E-state index contributed by atoms with van der Waals surface area (Å²) in [5.41, 5.74) is 0. The summed E-state index contributed by atoms with van der Waals surface area (Å²) in [7, 11) is -1.79. The molecule has 1 saturated heterocycles. The predicted molar refractivity (Wildman–Crippen MR) is 51.6 cm³/mol. The Hall–Kier alpha value is -0.170. The van der Waals surface area contributed by atoms with Crippen molar-refractivity contribution in [3.63, 3.8) is 0 Å². The van der Waals surface area contributed by atoms with E-state index in [9.17, 15) is 8.42 Å². The van der Waals surface area contributed by atoms with Gasteiger partial charge in [-0.05, 0) is 6.42 Å².